The van der Waals surface area contributed by atoms with Gasteiger partial charge in [-0.15, -0.1) is 0 Å². The van der Waals surface area contributed by atoms with Crippen LogP contribution in [0.4, 0.5) is 11.4 Å². The van der Waals surface area contributed by atoms with E-state index in [4.69, 9.17) is 0 Å². The summed E-state index contributed by atoms with van der Waals surface area (Å²) in [7, 11) is 3.98. The number of anilines is 2. The smallest absolute Gasteiger partial charge is 0.227 e. The lowest BCUT2D eigenvalue weighted by Crippen LogP contribution is -2.39. The molecule has 2 amide bonds. The zero-order chi connectivity index (χ0) is 18.7. The van der Waals surface area contributed by atoms with Gasteiger partial charge in [-0.2, -0.15) is 0 Å². The molecule has 138 valence electrons. The van der Waals surface area contributed by atoms with Crippen LogP contribution in [-0.2, 0) is 16.1 Å². The highest BCUT2D eigenvalue weighted by atomic mass is 16.2. The topological polar surface area (TPSA) is 52.7 Å². The van der Waals surface area contributed by atoms with Gasteiger partial charge in [0.25, 0.3) is 0 Å². The summed E-state index contributed by atoms with van der Waals surface area (Å²) in [5.74, 6) is 0.719. The maximum absolute atomic E-state index is 12.2. The van der Waals surface area contributed by atoms with E-state index < -0.39 is 0 Å². The maximum Gasteiger partial charge on any atom is 0.227 e. The summed E-state index contributed by atoms with van der Waals surface area (Å²) in [6, 6.07) is 6.09. The molecular weight excluding hydrogens is 314 g/mol. The van der Waals surface area contributed by atoms with Gasteiger partial charge in [0.1, 0.15) is 0 Å². The predicted octanol–water partition coefficient (Wildman–Crippen LogP) is 3.49. The number of carbonyl (C=O) groups is 2. The minimum absolute atomic E-state index is 0.0679. The minimum Gasteiger partial charge on any atom is -0.377 e. The zero-order valence-corrected chi connectivity index (χ0v) is 16.3. The predicted molar refractivity (Wildman–Crippen MR) is 103 cm³/mol. The van der Waals surface area contributed by atoms with Crippen LogP contribution in [0.25, 0.3) is 0 Å². The van der Waals surface area contributed by atoms with Gasteiger partial charge in [0.2, 0.25) is 11.8 Å². The SMILES string of the molecule is CC(=O)N(Cc1cc(NC(=O)C2CC2)ccc1N(C)C)[C@@H](C)C(C)C. The molecule has 1 aliphatic carbocycles. The quantitative estimate of drug-likeness (QED) is 0.823. The lowest BCUT2D eigenvalue weighted by atomic mass is 10.0. The van der Waals surface area contributed by atoms with Crippen LogP contribution >= 0.6 is 0 Å². The Morgan fingerprint density at radius 3 is 2.32 bits per heavy atom. The van der Waals surface area contributed by atoms with Gasteiger partial charge in [0, 0.05) is 50.9 Å². The van der Waals surface area contributed by atoms with Gasteiger partial charge in [-0.05, 0) is 49.4 Å². The largest absolute Gasteiger partial charge is 0.377 e. The molecule has 1 atom stereocenters. The molecule has 0 saturated heterocycles. The Bertz CT molecular complexity index is 636. The van der Waals surface area contributed by atoms with Crippen LogP contribution in [-0.4, -0.2) is 36.9 Å². The van der Waals surface area contributed by atoms with E-state index in [9.17, 15) is 9.59 Å². The molecule has 5 nitrogen and oxygen atoms in total. The highest BCUT2D eigenvalue weighted by Gasteiger charge is 2.29. The van der Waals surface area contributed by atoms with E-state index >= 15 is 0 Å². The molecule has 0 bridgehead atoms. The van der Waals surface area contributed by atoms with Crippen LogP contribution in [0.2, 0.25) is 0 Å². The third kappa shape index (κ3) is 4.97. The lowest BCUT2D eigenvalue weighted by Gasteiger charge is -2.32. The van der Waals surface area contributed by atoms with Crippen molar-refractivity contribution in [1.82, 2.24) is 4.90 Å². The fraction of sp³-hybridized carbons (Fsp3) is 0.600. The van der Waals surface area contributed by atoms with Crippen molar-refractivity contribution in [3.8, 4) is 0 Å². The second kappa shape index (κ2) is 7.89. The van der Waals surface area contributed by atoms with E-state index in [-0.39, 0.29) is 23.8 Å². The van der Waals surface area contributed by atoms with E-state index in [0.717, 1.165) is 29.8 Å². The van der Waals surface area contributed by atoms with Crippen molar-refractivity contribution in [2.24, 2.45) is 11.8 Å². The van der Waals surface area contributed by atoms with E-state index in [1.54, 1.807) is 6.92 Å². The molecule has 5 heteroatoms. The van der Waals surface area contributed by atoms with Crippen LogP contribution in [0.15, 0.2) is 18.2 Å². The lowest BCUT2D eigenvalue weighted by molar-refractivity contribution is -0.132. The molecule has 1 fully saturated rings. The van der Waals surface area contributed by atoms with E-state index in [1.807, 2.05) is 42.1 Å². The summed E-state index contributed by atoms with van der Waals surface area (Å²) in [5.41, 5.74) is 2.91. The fourth-order valence-corrected chi connectivity index (χ4v) is 2.90. The summed E-state index contributed by atoms with van der Waals surface area (Å²) >= 11 is 0. The Balaban J connectivity index is 2.28. The van der Waals surface area contributed by atoms with E-state index in [2.05, 4.69) is 26.1 Å². The van der Waals surface area contributed by atoms with Crippen LogP contribution in [0.1, 0.15) is 46.1 Å². The van der Waals surface area contributed by atoms with Gasteiger partial charge in [-0.1, -0.05) is 13.8 Å². The maximum atomic E-state index is 12.2. The average Bonchev–Trinajstić information content (AvgIpc) is 3.36. The van der Waals surface area contributed by atoms with Gasteiger partial charge in [-0.25, -0.2) is 0 Å². The Morgan fingerprint density at radius 1 is 1.20 bits per heavy atom. The first-order valence-corrected chi connectivity index (χ1v) is 9.09. The molecule has 0 radical (unpaired) electrons. The van der Waals surface area contributed by atoms with Crippen molar-refractivity contribution in [2.75, 3.05) is 24.3 Å². The zero-order valence-electron chi connectivity index (χ0n) is 16.3. The van der Waals surface area contributed by atoms with Crippen molar-refractivity contribution in [2.45, 2.75) is 53.1 Å². The van der Waals surface area contributed by atoms with Crippen molar-refractivity contribution in [3.05, 3.63) is 23.8 Å². The summed E-state index contributed by atoms with van der Waals surface area (Å²) in [6.07, 6.45) is 1.97. The van der Waals surface area contributed by atoms with Crippen LogP contribution in [0, 0.1) is 11.8 Å². The fourth-order valence-electron chi connectivity index (χ4n) is 2.90. The molecule has 0 aromatic heterocycles. The van der Waals surface area contributed by atoms with Crippen LogP contribution < -0.4 is 10.2 Å². The third-order valence-electron chi connectivity index (χ3n) is 4.98. The van der Waals surface area contributed by atoms with E-state index in [0.29, 0.717) is 12.5 Å². The molecule has 1 aromatic carbocycles. The first-order chi connectivity index (χ1) is 11.7. The summed E-state index contributed by atoms with van der Waals surface area (Å²) in [5, 5.41) is 3.00. The molecule has 25 heavy (non-hydrogen) atoms. The molecule has 0 aliphatic heterocycles. The van der Waals surface area contributed by atoms with Crippen LogP contribution in [0.3, 0.4) is 0 Å². The molecule has 0 unspecified atom stereocenters. The standard InChI is InChI=1S/C20H31N3O2/c1-13(2)14(3)23(15(4)24)12-17-11-18(9-10-19(17)22(5)6)21-20(25)16-7-8-16/h9-11,13-14,16H,7-8,12H2,1-6H3,(H,21,25)/t14-/m0/s1. The number of carbonyl (C=O) groups excluding carboxylic acids is 2. The number of rotatable bonds is 7. The summed E-state index contributed by atoms with van der Waals surface area (Å²) in [6.45, 7) is 8.49. The number of nitrogens with zero attached hydrogens (tertiary/aromatic N) is 2. The third-order valence-corrected chi connectivity index (χ3v) is 4.98. The first kappa shape index (κ1) is 19.3. The number of nitrogens with one attached hydrogen (secondary N) is 1. The summed E-state index contributed by atoms with van der Waals surface area (Å²) < 4.78 is 0. The minimum atomic E-state index is 0.0679. The molecule has 1 N–H and O–H groups in total. The van der Waals surface area contributed by atoms with Crippen molar-refractivity contribution in [1.29, 1.82) is 0 Å². The van der Waals surface area contributed by atoms with E-state index in [1.165, 1.54) is 0 Å². The molecule has 0 heterocycles. The van der Waals surface area contributed by atoms with Crippen LogP contribution in [0.5, 0.6) is 0 Å². The molecule has 0 spiro atoms. The molecule has 1 aromatic rings. The Morgan fingerprint density at radius 2 is 1.84 bits per heavy atom. The van der Waals surface area contributed by atoms with Gasteiger partial charge in [-0.3, -0.25) is 9.59 Å². The molecule has 1 saturated carbocycles. The average molecular weight is 345 g/mol. The number of amides is 2. The molecule has 2 rings (SSSR count). The van der Waals surface area contributed by atoms with Gasteiger partial charge < -0.3 is 15.1 Å². The monoisotopic (exact) mass is 345 g/mol. The first-order valence-electron chi connectivity index (χ1n) is 9.09. The molecular formula is C20H31N3O2. The van der Waals surface area contributed by atoms with Gasteiger partial charge in [0.05, 0.1) is 0 Å². The second-order valence-corrected chi connectivity index (χ2v) is 7.63. The van der Waals surface area contributed by atoms with Crippen molar-refractivity contribution in [3.63, 3.8) is 0 Å². The Kier molecular flexibility index (Phi) is 6.09. The Hall–Kier alpha value is -2.04. The van der Waals surface area contributed by atoms with Crippen molar-refractivity contribution < 1.29 is 9.59 Å². The normalized spacial score (nSPS) is 15.0. The number of hydrogen-bond donors (Lipinski definition) is 1. The van der Waals surface area contributed by atoms with Gasteiger partial charge in [0.15, 0.2) is 0 Å². The molecule has 1 aliphatic rings. The second-order valence-electron chi connectivity index (χ2n) is 7.63. The highest BCUT2D eigenvalue weighted by molar-refractivity contribution is 5.94. The Labute approximate surface area is 151 Å². The number of benzene rings is 1. The van der Waals surface area contributed by atoms with Crippen molar-refractivity contribution >= 4 is 23.2 Å². The highest BCUT2D eigenvalue weighted by Crippen LogP contribution is 2.31. The van der Waals surface area contributed by atoms with Gasteiger partial charge >= 0.3 is 0 Å². The summed E-state index contributed by atoms with van der Waals surface area (Å²) in [4.78, 5) is 28.2. The number of hydrogen-bond acceptors (Lipinski definition) is 3.